The van der Waals surface area contributed by atoms with E-state index in [1.807, 2.05) is 64.1 Å². The third-order valence-electron chi connectivity index (χ3n) is 7.04. The fourth-order valence-corrected chi connectivity index (χ4v) is 4.85. The van der Waals surface area contributed by atoms with Crippen LogP contribution in [0.15, 0.2) is 72.8 Å². The van der Waals surface area contributed by atoms with Crippen LogP contribution in [0, 0.1) is 11.8 Å². The number of carbonyl (C=O) groups excluding carboxylic acids is 3. The molecule has 11 nitrogen and oxygen atoms in total. The first kappa shape index (κ1) is 37.0. The van der Waals surface area contributed by atoms with Crippen LogP contribution in [0.3, 0.4) is 0 Å². The Morgan fingerprint density at radius 1 is 0.756 bits per heavy atom. The summed E-state index contributed by atoms with van der Waals surface area (Å²) in [4.78, 5) is 50.0. The summed E-state index contributed by atoms with van der Waals surface area (Å²) in [7, 11) is 0. The smallest absolute Gasteiger partial charge is 0.404 e. The number of rotatable bonds is 18. The predicted octanol–water partition coefficient (Wildman–Crippen LogP) is 2.91. The number of hydrogen-bond donors (Lipinski definition) is 7. The van der Waals surface area contributed by atoms with Gasteiger partial charge in [0.25, 0.3) is 0 Å². The van der Waals surface area contributed by atoms with Gasteiger partial charge in [0.1, 0.15) is 6.04 Å². The second-order valence-corrected chi connectivity index (χ2v) is 12.1. The van der Waals surface area contributed by atoms with Gasteiger partial charge >= 0.3 is 6.09 Å². The number of hydrogen-bond acceptors (Lipinski definition) is 6. The van der Waals surface area contributed by atoms with Gasteiger partial charge in [-0.1, -0.05) is 88.4 Å². The molecule has 0 radical (unpaired) electrons. The number of nitrogens with one attached hydrogen (secondary N) is 4. The maximum absolute atomic E-state index is 13.0. The van der Waals surface area contributed by atoms with Gasteiger partial charge in [0.2, 0.25) is 17.7 Å². The zero-order valence-corrected chi connectivity index (χ0v) is 26.5. The van der Waals surface area contributed by atoms with E-state index in [-0.39, 0.29) is 30.6 Å². The highest BCUT2D eigenvalue weighted by molar-refractivity contribution is 5.89. The van der Waals surface area contributed by atoms with E-state index >= 15 is 0 Å². The van der Waals surface area contributed by atoms with Crippen molar-refractivity contribution >= 4 is 23.8 Å². The minimum atomic E-state index is -1.31. The summed E-state index contributed by atoms with van der Waals surface area (Å²) >= 11 is 0. The fourth-order valence-electron chi connectivity index (χ4n) is 4.85. The van der Waals surface area contributed by atoms with E-state index in [9.17, 15) is 34.5 Å². The van der Waals surface area contributed by atoms with Gasteiger partial charge < -0.3 is 36.6 Å². The molecule has 0 spiro atoms. The summed E-state index contributed by atoms with van der Waals surface area (Å²) in [6.45, 7) is 8.02. The highest BCUT2D eigenvalue weighted by Crippen LogP contribution is 2.13. The third-order valence-corrected chi connectivity index (χ3v) is 7.04. The average molecular weight is 625 g/mol. The molecule has 0 saturated heterocycles. The van der Waals surface area contributed by atoms with Crippen molar-refractivity contribution < 1.29 is 34.5 Å². The molecule has 0 bridgehead atoms. The largest absolute Gasteiger partial charge is 0.465 e. The molecule has 4 amide bonds. The lowest BCUT2D eigenvalue weighted by molar-refractivity contribution is -0.131. The first-order chi connectivity index (χ1) is 21.3. The molecule has 0 aliphatic carbocycles. The molecule has 0 saturated carbocycles. The summed E-state index contributed by atoms with van der Waals surface area (Å²) in [5.41, 5.74) is 1.73. The number of amides is 4. The monoisotopic (exact) mass is 624 g/mol. The first-order valence-electron chi connectivity index (χ1n) is 15.3. The van der Waals surface area contributed by atoms with Gasteiger partial charge in [0.15, 0.2) is 0 Å². The maximum Gasteiger partial charge on any atom is 0.404 e. The van der Waals surface area contributed by atoms with E-state index in [2.05, 4.69) is 21.3 Å². The van der Waals surface area contributed by atoms with Crippen LogP contribution in [0.25, 0.3) is 0 Å². The van der Waals surface area contributed by atoms with Crippen molar-refractivity contribution in [3.05, 3.63) is 83.9 Å². The van der Waals surface area contributed by atoms with Gasteiger partial charge in [-0.2, -0.15) is 0 Å². The Morgan fingerprint density at radius 2 is 1.33 bits per heavy atom. The lowest BCUT2D eigenvalue weighted by atomic mass is 9.96. The molecule has 0 fully saturated rings. The zero-order valence-electron chi connectivity index (χ0n) is 26.5. The van der Waals surface area contributed by atoms with Gasteiger partial charge in [0, 0.05) is 12.6 Å². The SMILES string of the molecule is CC(C)CC(NC(=O)CC(O)C(CC(C)C)NC(=O)/C=C/C(O)C(Cc1ccccc1)NC(=O)O)C(=O)NCc1ccccc1. The molecule has 0 heterocycles. The summed E-state index contributed by atoms with van der Waals surface area (Å²) in [5, 5.41) is 41.4. The fraction of sp³-hybridized carbons (Fsp3) is 0.471. The number of carboxylic acid groups (broad SMARTS) is 1. The highest BCUT2D eigenvalue weighted by atomic mass is 16.4. The normalized spacial score (nSPS) is 14.8. The van der Waals surface area contributed by atoms with Gasteiger partial charge in [-0.15, -0.1) is 0 Å². The van der Waals surface area contributed by atoms with Crippen molar-refractivity contribution in [3.8, 4) is 0 Å². The van der Waals surface area contributed by atoms with Crippen LogP contribution in [0.2, 0.25) is 0 Å². The van der Waals surface area contributed by atoms with Crippen LogP contribution in [0.1, 0.15) is 58.1 Å². The van der Waals surface area contributed by atoms with Gasteiger partial charge in [0.05, 0.1) is 30.7 Å². The lowest BCUT2D eigenvalue weighted by Gasteiger charge is -2.26. The molecule has 246 valence electrons. The molecule has 11 heteroatoms. The second kappa shape index (κ2) is 19.2. The highest BCUT2D eigenvalue weighted by Gasteiger charge is 2.28. The summed E-state index contributed by atoms with van der Waals surface area (Å²) in [6.07, 6.45) is -0.964. The second-order valence-electron chi connectivity index (χ2n) is 12.1. The minimum Gasteiger partial charge on any atom is -0.465 e. The first-order valence-corrected chi connectivity index (χ1v) is 15.3. The number of benzene rings is 2. The van der Waals surface area contributed by atoms with E-state index in [1.165, 1.54) is 6.08 Å². The Bertz CT molecular complexity index is 1240. The van der Waals surface area contributed by atoms with Crippen LogP contribution in [-0.4, -0.2) is 69.5 Å². The Hall–Kier alpha value is -4.22. The van der Waals surface area contributed by atoms with Crippen molar-refractivity contribution in [2.24, 2.45) is 11.8 Å². The van der Waals surface area contributed by atoms with Crippen LogP contribution in [0.4, 0.5) is 4.79 Å². The average Bonchev–Trinajstić information content (AvgIpc) is 2.98. The molecule has 0 aromatic heterocycles. The predicted molar refractivity (Wildman–Crippen MR) is 172 cm³/mol. The van der Waals surface area contributed by atoms with Crippen molar-refractivity contribution in [2.45, 2.75) is 90.3 Å². The Labute approximate surface area is 265 Å². The molecule has 5 atom stereocenters. The molecule has 2 aromatic carbocycles. The van der Waals surface area contributed by atoms with E-state index < -0.39 is 48.2 Å². The van der Waals surface area contributed by atoms with Crippen LogP contribution in [0.5, 0.6) is 0 Å². The van der Waals surface area contributed by atoms with Crippen LogP contribution in [-0.2, 0) is 27.3 Å². The molecule has 0 aliphatic rings. The van der Waals surface area contributed by atoms with Crippen LogP contribution >= 0.6 is 0 Å². The van der Waals surface area contributed by atoms with Gasteiger partial charge in [-0.3, -0.25) is 14.4 Å². The third kappa shape index (κ3) is 14.9. The number of aliphatic hydroxyl groups is 2. The minimum absolute atomic E-state index is 0.0649. The van der Waals surface area contributed by atoms with Crippen molar-refractivity contribution in [2.75, 3.05) is 0 Å². The topological polar surface area (TPSA) is 177 Å². The van der Waals surface area contributed by atoms with Crippen molar-refractivity contribution in [3.63, 3.8) is 0 Å². The standard InChI is InChI=1S/C34H48N4O7/c1-22(2)17-26(36-31(41)16-15-29(39)27(38-34(44)45)19-24-11-7-5-8-12-24)30(40)20-32(42)37-28(18-23(3)4)33(43)35-21-25-13-9-6-10-14-25/h5-16,22-23,26-30,38-40H,17-21H2,1-4H3,(H,35,43)(H,36,41)(H,37,42)(H,44,45)/b16-15+. The molecular weight excluding hydrogens is 576 g/mol. The summed E-state index contributed by atoms with van der Waals surface area (Å²) in [5.74, 6) is -1.29. The molecule has 2 rings (SSSR count). The van der Waals surface area contributed by atoms with E-state index in [0.717, 1.165) is 17.2 Å². The number of aliphatic hydroxyl groups excluding tert-OH is 2. The van der Waals surface area contributed by atoms with E-state index in [4.69, 9.17) is 0 Å². The Balaban J connectivity index is 2.01. The zero-order chi connectivity index (χ0) is 33.4. The molecule has 2 aromatic rings. The maximum atomic E-state index is 13.0. The van der Waals surface area contributed by atoms with Gasteiger partial charge in [-0.05, 0) is 48.3 Å². The quantitative estimate of drug-likeness (QED) is 0.125. The van der Waals surface area contributed by atoms with Crippen molar-refractivity contribution in [1.29, 1.82) is 0 Å². The molecule has 45 heavy (non-hydrogen) atoms. The lowest BCUT2D eigenvalue weighted by Crippen LogP contribution is -2.50. The van der Waals surface area contributed by atoms with Gasteiger partial charge in [-0.25, -0.2) is 4.79 Å². The van der Waals surface area contributed by atoms with E-state index in [0.29, 0.717) is 19.4 Å². The molecular formula is C34H48N4O7. The summed E-state index contributed by atoms with van der Waals surface area (Å²) < 4.78 is 0. The molecule has 5 unspecified atom stereocenters. The van der Waals surface area contributed by atoms with E-state index in [1.54, 1.807) is 24.3 Å². The number of carbonyl (C=O) groups is 4. The Kier molecular flexibility index (Phi) is 15.8. The van der Waals surface area contributed by atoms with Crippen molar-refractivity contribution in [1.82, 2.24) is 21.3 Å². The Morgan fingerprint density at radius 3 is 1.89 bits per heavy atom. The van der Waals surface area contributed by atoms with Crippen LogP contribution < -0.4 is 21.3 Å². The molecule has 0 aliphatic heterocycles. The summed E-state index contributed by atoms with van der Waals surface area (Å²) in [6, 6.07) is 16.0. The molecule has 7 N–H and O–H groups in total.